The van der Waals surface area contributed by atoms with Crippen LogP contribution in [0.5, 0.6) is 0 Å². The molecule has 0 bridgehead atoms. The fourth-order valence-corrected chi connectivity index (χ4v) is 6.70. The number of nitriles is 1. The third kappa shape index (κ3) is 5.79. The predicted octanol–water partition coefficient (Wildman–Crippen LogP) is 2.40. The third-order valence-corrected chi connectivity index (χ3v) is 9.45. The van der Waals surface area contributed by atoms with Crippen LogP contribution in [0.25, 0.3) is 11.1 Å². The van der Waals surface area contributed by atoms with E-state index in [-0.39, 0.29) is 36.4 Å². The van der Waals surface area contributed by atoms with Crippen LogP contribution in [0.4, 0.5) is 13.2 Å². The number of hydrogen-bond donors (Lipinski definition) is 1. The number of nitrogens with one attached hydrogen (secondary N) is 1. The van der Waals surface area contributed by atoms with Gasteiger partial charge in [-0.3, -0.25) is 14.3 Å². The standard InChI is InChI=1S/C25H28F3N5O5S/c1-32(2)22(34)13-33-12-16(11-30-33)15-4-5-21(19(8-15)25(26,27)28)39(36,37)17-9-18(20(10-17)38-3)23(35)31-24(14-29)6-7-24/h4-5,8,11-12,17-18,20H,6-7,9-10,13H2,1-3H3,(H,31,35)/t17-,18?,20-/m0/s1. The second kappa shape index (κ2) is 10.3. The van der Waals surface area contributed by atoms with Gasteiger partial charge in [0.05, 0.1) is 40.0 Å². The molecule has 0 aliphatic heterocycles. The number of carbonyl (C=O) groups is 2. The molecular formula is C25H28F3N5O5S. The number of benzene rings is 1. The highest BCUT2D eigenvalue weighted by Crippen LogP contribution is 2.43. The summed E-state index contributed by atoms with van der Waals surface area (Å²) in [7, 11) is -0.104. The number of methoxy groups -OCH3 is 1. The smallest absolute Gasteiger partial charge is 0.381 e. The lowest BCUT2D eigenvalue weighted by Gasteiger charge is -2.19. The van der Waals surface area contributed by atoms with E-state index >= 15 is 0 Å². The molecule has 1 aromatic carbocycles. The van der Waals surface area contributed by atoms with Gasteiger partial charge in [0, 0.05) is 33.0 Å². The van der Waals surface area contributed by atoms with Gasteiger partial charge in [-0.25, -0.2) is 8.42 Å². The van der Waals surface area contributed by atoms with E-state index < -0.39 is 55.2 Å². The van der Waals surface area contributed by atoms with Crippen LogP contribution >= 0.6 is 0 Å². The van der Waals surface area contributed by atoms with Crippen LogP contribution in [-0.2, 0) is 36.9 Å². The molecule has 4 rings (SSSR count). The Kier molecular flexibility index (Phi) is 7.52. The zero-order valence-corrected chi connectivity index (χ0v) is 22.3. The number of carbonyl (C=O) groups excluding carboxylic acids is 2. The molecule has 1 N–H and O–H groups in total. The summed E-state index contributed by atoms with van der Waals surface area (Å²) in [5.41, 5.74) is -1.95. The van der Waals surface area contributed by atoms with Crippen LogP contribution in [0, 0.1) is 17.2 Å². The van der Waals surface area contributed by atoms with Gasteiger partial charge < -0.3 is 15.0 Å². The van der Waals surface area contributed by atoms with Crippen molar-refractivity contribution in [3.63, 3.8) is 0 Å². The average molecular weight is 568 g/mol. The molecule has 2 aromatic rings. The fraction of sp³-hybridized carbons (Fsp3) is 0.520. The zero-order valence-electron chi connectivity index (χ0n) is 21.5. The normalized spacial score (nSPS) is 22.2. The number of ether oxygens (including phenoxy) is 1. The second-order valence-corrected chi connectivity index (χ2v) is 12.3. The van der Waals surface area contributed by atoms with Crippen LogP contribution in [0.1, 0.15) is 31.2 Å². The number of nitrogens with zero attached hydrogens (tertiary/aromatic N) is 4. The lowest BCUT2D eigenvalue weighted by Crippen LogP contribution is -2.42. The Labute approximate surface area is 223 Å². The second-order valence-electron chi connectivity index (χ2n) is 10.1. The van der Waals surface area contributed by atoms with E-state index in [1.165, 1.54) is 35.2 Å². The van der Waals surface area contributed by atoms with Gasteiger partial charge in [0.2, 0.25) is 11.8 Å². The molecule has 39 heavy (non-hydrogen) atoms. The van der Waals surface area contributed by atoms with E-state index in [1.54, 1.807) is 14.1 Å². The minimum atomic E-state index is -4.99. The number of hydrogen-bond acceptors (Lipinski definition) is 7. The Hall–Kier alpha value is -3.44. The highest BCUT2D eigenvalue weighted by molar-refractivity contribution is 7.92. The van der Waals surface area contributed by atoms with E-state index in [0.717, 1.165) is 12.1 Å². The van der Waals surface area contributed by atoms with Gasteiger partial charge in [0.1, 0.15) is 12.1 Å². The summed E-state index contributed by atoms with van der Waals surface area (Å²) in [6.07, 6.45) is -2.56. The number of aromatic nitrogens is 2. The van der Waals surface area contributed by atoms with Crippen molar-refractivity contribution < 1.29 is 35.9 Å². The van der Waals surface area contributed by atoms with E-state index in [1.807, 2.05) is 6.07 Å². The molecule has 2 aliphatic rings. The molecular weight excluding hydrogens is 539 g/mol. The van der Waals surface area contributed by atoms with Crippen molar-refractivity contribution in [3.8, 4) is 17.2 Å². The molecule has 1 unspecified atom stereocenters. The summed E-state index contributed by atoms with van der Waals surface area (Å²) in [6, 6.07) is 4.95. The molecule has 10 nitrogen and oxygen atoms in total. The average Bonchev–Trinajstić information content (AvgIpc) is 3.27. The van der Waals surface area contributed by atoms with Crippen molar-refractivity contribution >= 4 is 21.7 Å². The first-order chi connectivity index (χ1) is 18.2. The molecule has 0 radical (unpaired) electrons. The summed E-state index contributed by atoms with van der Waals surface area (Å²) >= 11 is 0. The predicted molar refractivity (Wildman–Crippen MR) is 132 cm³/mol. The van der Waals surface area contributed by atoms with Gasteiger partial charge in [-0.15, -0.1) is 0 Å². The molecule has 2 fully saturated rings. The van der Waals surface area contributed by atoms with Crippen molar-refractivity contribution in [2.75, 3.05) is 21.2 Å². The molecule has 2 aliphatic carbocycles. The molecule has 14 heteroatoms. The van der Waals surface area contributed by atoms with Crippen LogP contribution in [0.3, 0.4) is 0 Å². The topological polar surface area (TPSA) is 134 Å². The highest BCUT2D eigenvalue weighted by Gasteiger charge is 2.51. The van der Waals surface area contributed by atoms with Crippen molar-refractivity contribution in [3.05, 3.63) is 36.2 Å². The monoisotopic (exact) mass is 567 g/mol. The maximum atomic E-state index is 14.2. The van der Waals surface area contributed by atoms with Crippen LogP contribution in [0.15, 0.2) is 35.5 Å². The highest BCUT2D eigenvalue weighted by atomic mass is 32.2. The van der Waals surface area contributed by atoms with Gasteiger partial charge in [-0.05, 0) is 43.4 Å². The van der Waals surface area contributed by atoms with Crippen LogP contribution in [0.2, 0.25) is 0 Å². The molecule has 1 aromatic heterocycles. The first-order valence-corrected chi connectivity index (χ1v) is 13.7. The number of halogens is 3. The van der Waals surface area contributed by atoms with Crippen molar-refractivity contribution in [1.82, 2.24) is 20.0 Å². The van der Waals surface area contributed by atoms with E-state index in [2.05, 4.69) is 10.4 Å². The van der Waals surface area contributed by atoms with Crippen molar-refractivity contribution in [2.45, 2.75) is 60.2 Å². The molecule has 0 spiro atoms. The minimum absolute atomic E-state index is 0.0782. The van der Waals surface area contributed by atoms with Gasteiger partial charge >= 0.3 is 6.18 Å². The minimum Gasteiger partial charge on any atom is -0.381 e. The molecule has 2 amide bonds. The SMILES string of the molecule is CO[C@H]1C[C@@H](S(=O)(=O)c2ccc(-c3cnn(CC(=O)N(C)C)c3)cc2C(F)(F)F)CC1C(=O)NC1(C#N)CC1. The van der Waals surface area contributed by atoms with Gasteiger partial charge in [0.15, 0.2) is 9.84 Å². The van der Waals surface area contributed by atoms with Gasteiger partial charge in [-0.1, -0.05) is 6.07 Å². The molecule has 3 atom stereocenters. The summed E-state index contributed by atoms with van der Waals surface area (Å²) in [4.78, 5) is 25.2. The van der Waals surface area contributed by atoms with Gasteiger partial charge in [-0.2, -0.15) is 23.5 Å². The molecule has 1 heterocycles. The summed E-state index contributed by atoms with van der Waals surface area (Å²) in [6.45, 7) is -0.113. The maximum Gasteiger partial charge on any atom is 0.417 e. The Morgan fingerprint density at radius 1 is 1.26 bits per heavy atom. The number of sulfone groups is 1. The van der Waals surface area contributed by atoms with E-state index in [9.17, 15) is 36.4 Å². The Morgan fingerprint density at radius 2 is 1.95 bits per heavy atom. The zero-order chi connectivity index (χ0) is 28.8. The third-order valence-electron chi connectivity index (χ3n) is 7.22. The van der Waals surface area contributed by atoms with Crippen LogP contribution < -0.4 is 5.32 Å². The number of rotatable bonds is 8. The number of alkyl halides is 3. The van der Waals surface area contributed by atoms with E-state index in [0.29, 0.717) is 12.8 Å². The molecule has 0 saturated heterocycles. The number of amides is 2. The largest absolute Gasteiger partial charge is 0.417 e. The summed E-state index contributed by atoms with van der Waals surface area (Å²) in [5.74, 6) is -1.74. The van der Waals surface area contributed by atoms with Gasteiger partial charge in [0.25, 0.3) is 0 Å². The Bertz CT molecular complexity index is 1430. The number of likely N-dealkylation sites (N-methyl/N-ethyl adjacent to an activating group) is 1. The maximum absolute atomic E-state index is 14.2. The van der Waals surface area contributed by atoms with Crippen LogP contribution in [-0.4, -0.2) is 73.0 Å². The fourth-order valence-electron chi connectivity index (χ4n) is 4.70. The van der Waals surface area contributed by atoms with Crippen molar-refractivity contribution in [1.29, 1.82) is 5.26 Å². The lowest BCUT2D eigenvalue weighted by molar-refractivity contribution is -0.140. The summed E-state index contributed by atoms with van der Waals surface area (Å²) < 4.78 is 76.1. The molecule has 2 saturated carbocycles. The lowest BCUT2D eigenvalue weighted by atomic mass is 10.0. The quantitative estimate of drug-likeness (QED) is 0.518. The first kappa shape index (κ1) is 28.6. The Balaban J connectivity index is 1.62. The first-order valence-electron chi connectivity index (χ1n) is 12.1. The van der Waals surface area contributed by atoms with E-state index in [4.69, 9.17) is 4.74 Å². The summed E-state index contributed by atoms with van der Waals surface area (Å²) in [5, 5.41) is 14.6. The molecule has 210 valence electrons. The van der Waals surface area contributed by atoms with Crippen molar-refractivity contribution in [2.24, 2.45) is 5.92 Å². The Morgan fingerprint density at radius 3 is 2.51 bits per heavy atom.